The lowest BCUT2D eigenvalue weighted by Crippen LogP contribution is -2.27. The Morgan fingerprint density at radius 3 is 2.61 bits per heavy atom. The summed E-state index contributed by atoms with van der Waals surface area (Å²) in [5.41, 5.74) is 1.23. The van der Waals surface area contributed by atoms with E-state index in [0.717, 1.165) is 0 Å². The SMILES string of the molecule is CCOC(=O)/C=C/C(C)N[C@@H](C)c1ccccc1. The highest BCUT2D eigenvalue weighted by Gasteiger charge is 2.07. The first-order chi connectivity index (χ1) is 8.63. The second-order valence-electron chi connectivity index (χ2n) is 4.20. The van der Waals surface area contributed by atoms with E-state index in [-0.39, 0.29) is 18.1 Å². The molecule has 0 aromatic heterocycles. The molecular formula is C15H21NO2. The third-order valence-corrected chi connectivity index (χ3v) is 2.62. The molecule has 3 heteroatoms. The maximum absolute atomic E-state index is 11.2. The Morgan fingerprint density at radius 2 is 2.00 bits per heavy atom. The van der Waals surface area contributed by atoms with Gasteiger partial charge in [0.15, 0.2) is 0 Å². The van der Waals surface area contributed by atoms with Gasteiger partial charge in [-0.2, -0.15) is 0 Å². The normalized spacial score (nSPS) is 14.4. The maximum atomic E-state index is 11.2. The predicted molar refractivity (Wildman–Crippen MR) is 73.2 cm³/mol. The van der Waals surface area contributed by atoms with Crippen LogP contribution in [-0.2, 0) is 9.53 Å². The maximum Gasteiger partial charge on any atom is 0.330 e. The molecule has 0 heterocycles. The zero-order valence-corrected chi connectivity index (χ0v) is 11.2. The number of carbonyl (C=O) groups excluding carboxylic acids is 1. The van der Waals surface area contributed by atoms with Crippen molar-refractivity contribution >= 4 is 5.97 Å². The van der Waals surface area contributed by atoms with Gasteiger partial charge >= 0.3 is 5.97 Å². The van der Waals surface area contributed by atoms with E-state index in [9.17, 15) is 4.79 Å². The second kappa shape index (κ2) is 7.67. The number of rotatable bonds is 6. The van der Waals surface area contributed by atoms with Crippen LogP contribution in [0.4, 0.5) is 0 Å². The number of hydrogen-bond acceptors (Lipinski definition) is 3. The molecule has 0 saturated carbocycles. The topological polar surface area (TPSA) is 38.3 Å². The van der Waals surface area contributed by atoms with E-state index in [1.807, 2.05) is 31.2 Å². The lowest BCUT2D eigenvalue weighted by atomic mass is 10.1. The minimum absolute atomic E-state index is 0.115. The first-order valence-electron chi connectivity index (χ1n) is 6.29. The van der Waals surface area contributed by atoms with E-state index in [0.29, 0.717) is 6.61 Å². The van der Waals surface area contributed by atoms with E-state index in [1.54, 1.807) is 6.92 Å². The molecule has 0 radical (unpaired) electrons. The summed E-state index contributed by atoms with van der Waals surface area (Å²) in [4.78, 5) is 11.2. The molecule has 98 valence electrons. The fraction of sp³-hybridized carbons (Fsp3) is 0.400. The molecule has 0 aliphatic carbocycles. The summed E-state index contributed by atoms with van der Waals surface area (Å²) in [7, 11) is 0. The molecule has 0 spiro atoms. The summed E-state index contributed by atoms with van der Waals surface area (Å²) >= 11 is 0. The van der Waals surface area contributed by atoms with E-state index in [4.69, 9.17) is 4.74 Å². The Bertz CT molecular complexity index is 387. The molecule has 1 unspecified atom stereocenters. The van der Waals surface area contributed by atoms with Gasteiger partial charge in [0.25, 0.3) is 0 Å². The van der Waals surface area contributed by atoms with E-state index in [1.165, 1.54) is 11.6 Å². The van der Waals surface area contributed by atoms with Crippen LogP contribution in [0.2, 0.25) is 0 Å². The van der Waals surface area contributed by atoms with Crippen LogP contribution in [-0.4, -0.2) is 18.6 Å². The fourth-order valence-electron chi connectivity index (χ4n) is 1.70. The molecule has 0 bridgehead atoms. The van der Waals surface area contributed by atoms with Crippen molar-refractivity contribution in [3.63, 3.8) is 0 Å². The van der Waals surface area contributed by atoms with E-state index >= 15 is 0 Å². The molecule has 1 aromatic rings. The molecule has 0 aliphatic rings. The van der Waals surface area contributed by atoms with Crippen LogP contribution in [0.3, 0.4) is 0 Å². The fourth-order valence-corrected chi connectivity index (χ4v) is 1.70. The Balaban J connectivity index is 2.45. The molecule has 3 nitrogen and oxygen atoms in total. The third-order valence-electron chi connectivity index (χ3n) is 2.62. The molecule has 1 N–H and O–H groups in total. The van der Waals surface area contributed by atoms with Gasteiger partial charge in [-0.05, 0) is 26.3 Å². The van der Waals surface area contributed by atoms with Crippen LogP contribution in [0, 0.1) is 0 Å². The van der Waals surface area contributed by atoms with Gasteiger partial charge in [-0.3, -0.25) is 0 Å². The molecule has 0 amide bonds. The van der Waals surface area contributed by atoms with Crippen LogP contribution < -0.4 is 5.32 Å². The number of benzene rings is 1. The third kappa shape index (κ3) is 5.15. The Morgan fingerprint density at radius 1 is 1.33 bits per heavy atom. The van der Waals surface area contributed by atoms with Crippen LogP contribution in [0.25, 0.3) is 0 Å². The van der Waals surface area contributed by atoms with Crippen molar-refractivity contribution < 1.29 is 9.53 Å². The minimum atomic E-state index is -0.293. The van der Waals surface area contributed by atoms with Gasteiger partial charge in [-0.25, -0.2) is 4.79 Å². The smallest absolute Gasteiger partial charge is 0.330 e. The Hall–Kier alpha value is -1.61. The van der Waals surface area contributed by atoms with Crippen molar-refractivity contribution in [2.45, 2.75) is 32.9 Å². The van der Waals surface area contributed by atoms with Crippen LogP contribution >= 0.6 is 0 Å². The monoisotopic (exact) mass is 247 g/mol. The standard InChI is InChI=1S/C15H21NO2/c1-4-18-15(17)11-10-12(2)16-13(3)14-8-6-5-7-9-14/h5-13,16H,4H2,1-3H3/b11-10+/t12?,13-/m0/s1. The molecule has 18 heavy (non-hydrogen) atoms. The van der Waals surface area contributed by atoms with Gasteiger partial charge in [0.2, 0.25) is 0 Å². The highest BCUT2D eigenvalue weighted by Crippen LogP contribution is 2.12. The van der Waals surface area contributed by atoms with Gasteiger partial charge in [-0.15, -0.1) is 0 Å². The first-order valence-corrected chi connectivity index (χ1v) is 6.29. The van der Waals surface area contributed by atoms with Gasteiger partial charge in [-0.1, -0.05) is 36.4 Å². The van der Waals surface area contributed by atoms with Gasteiger partial charge < -0.3 is 10.1 Å². The molecule has 0 aliphatic heterocycles. The molecule has 0 fully saturated rings. The quantitative estimate of drug-likeness (QED) is 0.620. The number of nitrogens with one attached hydrogen (secondary N) is 1. The van der Waals surface area contributed by atoms with Crippen molar-refractivity contribution in [3.8, 4) is 0 Å². The molecule has 2 atom stereocenters. The van der Waals surface area contributed by atoms with Gasteiger partial charge in [0.05, 0.1) is 6.61 Å². The highest BCUT2D eigenvalue weighted by molar-refractivity contribution is 5.81. The van der Waals surface area contributed by atoms with E-state index in [2.05, 4.69) is 24.4 Å². The van der Waals surface area contributed by atoms with Crippen molar-refractivity contribution in [2.24, 2.45) is 0 Å². The van der Waals surface area contributed by atoms with Crippen LogP contribution in [0.15, 0.2) is 42.5 Å². The summed E-state index contributed by atoms with van der Waals surface area (Å²) in [6.45, 7) is 6.31. The van der Waals surface area contributed by atoms with Gasteiger partial charge in [0.1, 0.15) is 0 Å². The minimum Gasteiger partial charge on any atom is -0.463 e. The number of ether oxygens (including phenoxy) is 1. The summed E-state index contributed by atoms with van der Waals surface area (Å²) in [6.07, 6.45) is 3.29. The first kappa shape index (κ1) is 14.5. The summed E-state index contributed by atoms with van der Waals surface area (Å²) in [6, 6.07) is 10.6. The summed E-state index contributed by atoms with van der Waals surface area (Å²) in [5, 5.41) is 3.40. The number of carbonyl (C=O) groups is 1. The molecule has 1 aromatic carbocycles. The van der Waals surface area contributed by atoms with Crippen molar-refractivity contribution in [2.75, 3.05) is 6.61 Å². The summed E-state index contributed by atoms with van der Waals surface area (Å²) in [5.74, 6) is -0.293. The molecule has 0 saturated heterocycles. The zero-order valence-electron chi connectivity index (χ0n) is 11.2. The van der Waals surface area contributed by atoms with Crippen molar-refractivity contribution in [1.82, 2.24) is 5.32 Å². The Kier molecular flexibility index (Phi) is 6.15. The number of hydrogen-bond donors (Lipinski definition) is 1. The average molecular weight is 247 g/mol. The predicted octanol–water partition coefficient (Wildman–Crippen LogP) is 2.85. The second-order valence-corrected chi connectivity index (χ2v) is 4.20. The zero-order chi connectivity index (χ0) is 13.4. The lowest BCUT2D eigenvalue weighted by Gasteiger charge is -2.17. The lowest BCUT2D eigenvalue weighted by molar-refractivity contribution is -0.137. The van der Waals surface area contributed by atoms with Gasteiger partial charge in [0, 0.05) is 18.2 Å². The van der Waals surface area contributed by atoms with Crippen molar-refractivity contribution in [3.05, 3.63) is 48.0 Å². The molecule has 1 rings (SSSR count). The highest BCUT2D eigenvalue weighted by atomic mass is 16.5. The summed E-state index contributed by atoms with van der Waals surface area (Å²) < 4.78 is 4.83. The number of esters is 1. The van der Waals surface area contributed by atoms with Crippen LogP contribution in [0.5, 0.6) is 0 Å². The van der Waals surface area contributed by atoms with Crippen LogP contribution in [0.1, 0.15) is 32.4 Å². The average Bonchev–Trinajstić information content (AvgIpc) is 2.38. The largest absolute Gasteiger partial charge is 0.463 e. The Labute approximate surface area is 109 Å². The molecular weight excluding hydrogens is 226 g/mol. The van der Waals surface area contributed by atoms with Crippen molar-refractivity contribution in [1.29, 1.82) is 0 Å². The van der Waals surface area contributed by atoms with E-state index < -0.39 is 0 Å².